The predicted octanol–water partition coefficient (Wildman–Crippen LogP) is 5.43. The van der Waals surface area contributed by atoms with Gasteiger partial charge >= 0.3 is 98.9 Å². The normalized spacial score (nSPS) is 10.4. The second-order valence-electron chi connectivity index (χ2n) is 22.2. The number of aromatic nitrogens is 8. The van der Waals surface area contributed by atoms with Gasteiger partial charge in [0.1, 0.15) is 0 Å². The molecule has 0 atom stereocenters. The first kappa shape index (κ1) is 117. The standard InChI is InChI=1S/4C11H14N2O3.8C5H5N.6Ni/c4*1-7(2)10(15)12-13-11(16)8-5-3-4-6-9(8)14;8*1-2-4-6-5-3-1;;;;;;/h4*3-7,14H,1-2H3,(H,12,15)(H,13,16);8*1-5H;;;;;;/q;;;;;;;;;;;;6*+2/p-12. The molecule has 0 amide bonds. The topological polar surface area (TPSA) is 479 Å². The van der Waals surface area contributed by atoms with Gasteiger partial charge in [-0.25, -0.2) is 0 Å². The average molecular weight is 1860 g/mol. The van der Waals surface area contributed by atoms with Gasteiger partial charge in [-0.15, -0.1) is 23.0 Å². The van der Waals surface area contributed by atoms with Crippen LogP contribution >= 0.6 is 0 Å². The molecule has 0 N–H and O–H groups in total. The van der Waals surface area contributed by atoms with Gasteiger partial charge in [0.15, 0.2) is 0 Å². The van der Waals surface area contributed by atoms with Gasteiger partial charge in [-0.05, 0) is 167 Å². The summed E-state index contributed by atoms with van der Waals surface area (Å²) in [6.07, 6.45) is 28.0. The summed E-state index contributed by atoms with van der Waals surface area (Å²) >= 11 is 0. The van der Waals surface area contributed by atoms with Crippen LogP contribution in [0.4, 0.5) is 0 Å². The molecule has 0 saturated carbocycles. The van der Waals surface area contributed by atoms with Crippen molar-refractivity contribution in [2.45, 2.75) is 55.4 Å². The Morgan fingerprint density at radius 3 is 0.390 bits per heavy atom. The van der Waals surface area contributed by atoms with E-state index in [1.807, 2.05) is 146 Å². The van der Waals surface area contributed by atoms with Crippen LogP contribution in [0.25, 0.3) is 0 Å². The zero-order valence-electron chi connectivity index (χ0n) is 64.6. The van der Waals surface area contributed by atoms with E-state index in [0.717, 1.165) is 0 Å². The third-order valence-corrected chi connectivity index (χ3v) is 11.9. The summed E-state index contributed by atoms with van der Waals surface area (Å²) in [7, 11) is 0. The van der Waals surface area contributed by atoms with Crippen LogP contribution in [0.2, 0.25) is 0 Å². The fraction of sp³-hybridized carbons (Fsp3) is 0.143. The minimum Gasteiger partial charge on any atom is -0.872 e. The first-order chi connectivity index (χ1) is 54.1. The molecule has 0 fully saturated rings. The van der Waals surface area contributed by atoms with Crippen molar-refractivity contribution in [3.63, 3.8) is 0 Å². The second kappa shape index (κ2) is 78.9. The van der Waals surface area contributed by atoms with Gasteiger partial charge in [0.05, 0.1) is 0 Å². The Morgan fingerprint density at radius 2 is 0.305 bits per heavy atom. The van der Waals surface area contributed by atoms with E-state index < -0.39 is 70.2 Å². The fourth-order valence-corrected chi connectivity index (χ4v) is 6.13. The third-order valence-electron chi connectivity index (χ3n) is 11.9. The number of pyridine rings is 8. The molecule has 632 valence electrons. The summed E-state index contributed by atoms with van der Waals surface area (Å²) in [6, 6.07) is 68.4. The molecule has 34 heteroatoms. The first-order valence-electron chi connectivity index (χ1n) is 33.9. The molecular formula is C84H84N16Ni6O12. The maximum Gasteiger partial charge on any atom is 2.00 e. The molecule has 0 aliphatic heterocycles. The number of rotatable bonds is 12. The second-order valence-corrected chi connectivity index (χ2v) is 22.2. The van der Waals surface area contributed by atoms with Crippen LogP contribution in [0.15, 0.2) is 383 Å². The maximum atomic E-state index is 11.4. The predicted molar refractivity (Wildman–Crippen MR) is 413 cm³/mol. The molecule has 4 aromatic carbocycles. The zero-order chi connectivity index (χ0) is 82.5. The van der Waals surface area contributed by atoms with Crippen LogP contribution < -0.4 is 61.3 Å². The van der Waals surface area contributed by atoms with Crippen LogP contribution in [0.5, 0.6) is 23.0 Å². The molecule has 8 heterocycles. The minimum atomic E-state index is -0.792. The van der Waals surface area contributed by atoms with Crippen molar-refractivity contribution < 1.29 is 160 Å². The van der Waals surface area contributed by atoms with Crippen molar-refractivity contribution in [1.82, 2.24) is 39.9 Å². The van der Waals surface area contributed by atoms with Gasteiger partial charge in [-0.1, -0.05) is 201 Å². The van der Waals surface area contributed by atoms with E-state index in [0.29, 0.717) is 0 Å². The largest absolute Gasteiger partial charge is 2.00 e. The van der Waals surface area contributed by atoms with E-state index in [1.54, 1.807) is 179 Å². The maximum absolute atomic E-state index is 11.4. The van der Waals surface area contributed by atoms with E-state index in [4.69, 9.17) is 0 Å². The van der Waals surface area contributed by atoms with Gasteiger partial charge in [-0.2, -0.15) is 40.8 Å². The summed E-state index contributed by atoms with van der Waals surface area (Å²) in [5, 5.41) is 161. The molecule has 0 saturated heterocycles. The quantitative estimate of drug-likeness (QED) is 0.0637. The Hall–Kier alpha value is -12.0. The third kappa shape index (κ3) is 63.3. The smallest absolute Gasteiger partial charge is 0.872 e. The Balaban J connectivity index is -0.000000296. The van der Waals surface area contributed by atoms with Gasteiger partial charge in [0, 0.05) is 123 Å². The molecule has 118 heavy (non-hydrogen) atoms. The van der Waals surface area contributed by atoms with Crippen LogP contribution in [0.3, 0.4) is 0 Å². The van der Waals surface area contributed by atoms with Crippen LogP contribution in [0, 0.1) is 23.7 Å². The number of hydrogen-bond donors (Lipinski definition) is 0. The molecule has 28 nitrogen and oxygen atoms in total. The van der Waals surface area contributed by atoms with Crippen LogP contribution in [-0.4, -0.2) is 87.1 Å². The summed E-state index contributed by atoms with van der Waals surface area (Å²) < 4.78 is 0. The number of hydrogen-bond acceptors (Lipinski definition) is 28. The minimum absolute atomic E-state index is 0. The van der Waals surface area contributed by atoms with Crippen molar-refractivity contribution in [3.05, 3.63) is 364 Å². The van der Waals surface area contributed by atoms with Crippen LogP contribution in [0.1, 0.15) is 77.6 Å². The Labute approximate surface area is 748 Å². The van der Waals surface area contributed by atoms with Crippen molar-refractivity contribution in [2.75, 3.05) is 0 Å². The molecule has 0 unspecified atom stereocenters. The van der Waals surface area contributed by atoms with Gasteiger partial charge in [-0.3, -0.25) is 39.9 Å². The molecule has 0 aliphatic carbocycles. The summed E-state index contributed by atoms with van der Waals surface area (Å²) in [5.41, 5.74) is -0.323. The van der Waals surface area contributed by atoms with E-state index in [2.05, 4.69) is 80.7 Å². The molecule has 8 aromatic heterocycles. The zero-order valence-corrected chi connectivity index (χ0v) is 70.5. The molecule has 0 aliphatic rings. The van der Waals surface area contributed by atoms with Crippen molar-refractivity contribution >= 4 is 47.2 Å². The van der Waals surface area contributed by atoms with Gasteiger partial charge in [0.25, 0.3) is 0 Å². The monoisotopic (exact) mass is 1860 g/mol. The number of para-hydroxylation sites is 4. The van der Waals surface area contributed by atoms with Gasteiger partial charge < -0.3 is 61.3 Å². The molecule has 12 rings (SSSR count). The van der Waals surface area contributed by atoms with Crippen molar-refractivity contribution in [3.8, 4) is 23.0 Å². The molecule has 0 radical (unpaired) electrons. The Kier molecular flexibility index (Phi) is 78.1. The molecular weight excluding hydrogens is 1780 g/mol. The Morgan fingerprint density at radius 1 is 0.186 bits per heavy atom. The molecule has 0 spiro atoms. The number of benzene rings is 4. The molecule has 12 aromatic rings. The van der Waals surface area contributed by atoms with E-state index in [9.17, 15) is 61.3 Å². The van der Waals surface area contributed by atoms with Crippen molar-refractivity contribution in [2.24, 2.45) is 64.5 Å². The summed E-state index contributed by atoms with van der Waals surface area (Å²) in [5.74, 6) is -8.12. The summed E-state index contributed by atoms with van der Waals surface area (Å²) in [6.45, 7) is 13.2. The first-order valence-corrected chi connectivity index (χ1v) is 33.9. The van der Waals surface area contributed by atoms with Crippen molar-refractivity contribution in [1.29, 1.82) is 0 Å². The van der Waals surface area contributed by atoms with Crippen LogP contribution in [-0.2, 0) is 98.9 Å². The average Bonchev–Trinajstić information content (AvgIpc) is 0.894. The van der Waals surface area contributed by atoms with E-state index >= 15 is 0 Å². The Bertz CT molecular complexity index is 3630. The SMILES string of the molecule is CC(C)/C([O-])=N/N=C(\[O-])c1ccccc1[O-].CC(C)/C([O-])=N/N=C(\[O-])c1ccccc1[O-].CC(C)/C([O-])=N/N=C(\[O-])c1ccccc1[O-].CC(C)/C([O-])=N/N=C(\[O-])c1ccccc1[O-].[Ni+2].[Ni+2].[Ni+2].[Ni+2].[Ni+2].[Ni+2].c1ccncc1.c1ccncc1.c1ccncc1.c1ccncc1.c1ccncc1.c1ccncc1.c1ccncc1.c1ccncc1. The number of nitrogens with zero attached hydrogens (tertiary/aromatic N) is 16. The fourth-order valence-electron chi connectivity index (χ4n) is 6.13. The summed E-state index contributed by atoms with van der Waals surface area (Å²) in [4.78, 5) is 30.3. The molecule has 0 bridgehead atoms. The van der Waals surface area contributed by atoms with Gasteiger partial charge in [0.2, 0.25) is 0 Å². The van der Waals surface area contributed by atoms with E-state index in [1.165, 1.54) is 72.8 Å². The van der Waals surface area contributed by atoms with E-state index in [-0.39, 0.29) is 145 Å².